The average Bonchev–Trinajstić information content (AvgIpc) is 2.74. The fraction of sp³-hybridized carbons (Fsp3) is 0.208. The second-order valence-corrected chi connectivity index (χ2v) is 7.44. The molecule has 1 amide bonds. The molecule has 0 aliphatic heterocycles. The topological polar surface area (TPSA) is 75.1 Å². The van der Waals surface area contributed by atoms with Gasteiger partial charge in [0.05, 0.1) is 18.0 Å². The lowest BCUT2D eigenvalue weighted by Crippen LogP contribution is -2.17. The number of benzene rings is 2. The predicted molar refractivity (Wildman–Crippen MR) is 115 cm³/mol. The van der Waals surface area contributed by atoms with E-state index >= 15 is 0 Å². The van der Waals surface area contributed by atoms with Gasteiger partial charge in [0.15, 0.2) is 5.82 Å². The SMILES string of the molecule is CC(C)=Cc1nc2c(nc1NC(=O)c1ccccc1)CCc1cc(CO)ccc1-2. The normalized spacial score (nSPS) is 12.0. The van der Waals surface area contributed by atoms with Crippen molar-refractivity contribution in [3.05, 3.63) is 82.2 Å². The first-order valence-corrected chi connectivity index (χ1v) is 9.70. The summed E-state index contributed by atoms with van der Waals surface area (Å²) < 4.78 is 0. The van der Waals surface area contributed by atoms with Crippen LogP contribution in [0.3, 0.4) is 0 Å². The van der Waals surface area contributed by atoms with Gasteiger partial charge in [-0.2, -0.15) is 0 Å². The third kappa shape index (κ3) is 3.96. The fourth-order valence-electron chi connectivity index (χ4n) is 3.54. The van der Waals surface area contributed by atoms with Crippen molar-refractivity contribution < 1.29 is 9.90 Å². The van der Waals surface area contributed by atoms with E-state index in [1.807, 2.05) is 56.3 Å². The van der Waals surface area contributed by atoms with Gasteiger partial charge in [-0.1, -0.05) is 42.0 Å². The zero-order valence-corrected chi connectivity index (χ0v) is 16.6. The van der Waals surface area contributed by atoms with E-state index in [1.54, 1.807) is 12.1 Å². The molecule has 1 aromatic heterocycles. The number of aliphatic hydroxyl groups is 1. The van der Waals surface area contributed by atoms with Crippen LogP contribution < -0.4 is 5.32 Å². The standard InChI is InChI=1S/C24H23N3O2/c1-15(2)12-21-23(27-24(29)17-6-4-3-5-7-17)26-20-11-9-18-13-16(14-28)8-10-19(18)22(20)25-21/h3-8,10,12-13,28H,9,11,14H2,1-2H3,(H,26,27,29). The fourth-order valence-corrected chi connectivity index (χ4v) is 3.54. The molecule has 0 spiro atoms. The highest BCUT2D eigenvalue weighted by Crippen LogP contribution is 2.34. The van der Waals surface area contributed by atoms with Gasteiger partial charge in [0.2, 0.25) is 0 Å². The number of aliphatic hydroxyl groups excluding tert-OH is 1. The van der Waals surface area contributed by atoms with E-state index in [2.05, 4.69) is 5.32 Å². The molecule has 2 aromatic carbocycles. The average molecular weight is 385 g/mol. The second kappa shape index (κ2) is 7.97. The van der Waals surface area contributed by atoms with Gasteiger partial charge in [-0.25, -0.2) is 9.97 Å². The Balaban J connectivity index is 1.77. The molecule has 29 heavy (non-hydrogen) atoms. The third-order valence-corrected chi connectivity index (χ3v) is 4.93. The molecule has 3 aromatic rings. The van der Waals surface area contributed by atoms with Crippen LogP contribution in [0.4, 0.5) is 5.82 Å². The molecule has 0 fully saturated rings. The van der Waals surface area contributed by atoms with Crippen LogP contribution in [0.2, 0.25) is 0 Å². The van der Waals surface area contributed by atoms with Crippen molar-refractivity contribution >= 4 is 17.8 Å². The molecule has 0 bridgehead atoms. The number of anilines is 1. The van der Waals surface area contributed by atoms with E-state index in [9.17, 15) is 9.90 Å². The highest BCUT2D eigenvalue weighted by molar-refractivity contribution is 6.04. The molecule has 0 radical (unpaired) electrons. The third-order valence-electron chi connectivity index (χ3n) is 4.93. The summed E-state index contributed by atoms with van der Waals surface area (Å²) in [5.74, 6) is 0.279. The predicted octanol–water partition coefficient (Wildman–Crippen LogP) is 4.41. The van der Waals surface area contributed by atoms with Crippen LogP contribution in [-0.2, 0) is 19.4 Å². The molecule has 5 nitrogen and oxygen atoms in total. The maximum absolute atomic E-state index is 12.7. The molecular weight excluding hydrogens is 362 g/mol. The molecule has 1 aliphatic rings. The van der Waals surface area contributed by atoms with Crippen LogP contribution in [-0.4, -0.2) is 21.0 Å². The first-order chi connectivity index (χ1) is 14.0. The summed E-state index contributed by atoms with van der Waals surface area (Å²) >= 11 is 0. The lowest BCUT2D eigenvalue weighted by Gasteiger charge is -2.21. The number of aromatic nitrogens is 2. The van der Waals surface area contributed by atoms with Gasteiger partial charge in [0.1, 0.15) is 5.69 Å². The van der Waals surface area contributed by atoms with Crippen molar-refractivity contribution in [1.82, 2.24) is 9.97 Å². The minimum Gasteiger partial charge on any atom is -0.392 e. The van der Waals surface area contributed by atoms with E-state index in [0.29, 0.717) is 17.1 Å². The summed E-state index contributed by atoms with van der Waals surface area (Å²) in [7, 11) is 0. The molecule has 146 valence electrons. The highest BCUT2D eigenvalue weighted by Gasteiger charge is 2.22. The molecule has 0 saturated heterocycles. The Morgan fingerprint density at radius 3 is 2.62 bits per heavy atom. The van der Waals surface area contributed by atoms with Crippen LogP contribution in [0, 0.1) is 0 Å². The maximum Gasteiger partial charge on any atom is 0.256 e. The van der Waals surface area contributed by atoms with Gasteiger partial charge in [0, 0.05) is 11.1 Å². The number of nitrogens with one attached hydrogen (secondary N) is 1. The van der Waals surface area contributed by atoms with Gasteiger partial charge in [-0.3, -0.25) is 4.79 Å². The maximum atomic E-state index is 12.7. The summed E-state index contributed by atoms with van der Waals surface area (Å²) in [5, 5.41) is 12.4. The molecule has 4 rings (SSSR count). The number of rotatable bonds is 4. The van der Waals surface area contributed by atoms with Crippen molar-refractivity contribution in [2.75, 3.05) is 5.32 Å². The number of aryl methyl sites for hydroxylation is 2. The zero-order valence-electron chi connectivity index (χ0n) is 16.6. The van der Waals surface area contributed by atoms with Gasteiger partial charge in [0.25, 0.3) is 5.91 Å². The summed E-state index contributed by atoms with van der Waals surface area (Å²) in [6, 6.07) is 15.1. The molecule has 2 N–H and O–H groups in total. The van der Waals surface area contributed by atoms with E-state index in [1.165, 1.54) is 5.56 Å². The number of hydrogen-bond donors (Lipinski definition) is 2. The first-order valence-electron chi connectivity index (χ1n) is 9.70. The Bertz CT molecular complexity index is 1100. The Morgan fingerprint density at radius 2 is 1.90 bits per heavy atom. The summed E-state index contributed by atoms with van der Waals surface area (Å²) in [5.41, 5.74) is 7.13. The molecule has 1 aliphatic carbocycles. The van der Waals surface area contributed by atoms with Crippen molar-refractivity contribution in [2.24, 2.45) is 0 Å². The molecule has 1 heterocycles. The van der Waals surface area contributed by atoms with Gasteiger partial charge >= 0.3 is 0 Å². The highest BCUT2D eigenvalue weighted by atomic mass is 16.3. The van der Waals surface area contributed by atoms with E-state index in [4.69, 9.17) is 9.97 Å². The number of amides is 1. The first kappa shape index (κ1) is 19.0. The summed E-state index contributed by atoms with van der Waals surface area (Å²) in [4.78, 5) is 22.3. The summed E-state index contributed by atoms with van der Waals surface area (Å²) in [6.07, 6.45) is 3.51. The molecule has 5 heteroatoms. The van der Waals surface area contributed by atoms with Crippen molar-refractivity contribution in [1.29, 1.82) is 0 Å². The number of carbonyl (C=O) groups excluding carboxylic acids is 1. The Morgan fingerprint density at radius 1 is 1.10 bits per heavy atom. The molecule has 0 unspecified atom stereocenters. The van der Waals surface area contributed by atoms with E-state index in [0.717, 1.165) is 40.9 Å². The largest absolute Gasteiger partial charge is 0.392 e. The smallest absolute Gasteiger partial charge is 0.256 e. The molecule has 0 saturated carbocycles. The van der Waals surface area contributed by atoms with Crippen LogP contribution in [0.15, 0.2) is 54.1 Å². The quantitative estimate of drug-likeness (QED) is 0.698. The van der Waals surface area contributed by atoms with Gasteiger partial charge in [-0.15, -0.1) is 0 Å². The lowest BCUT2D eigenvalue weighted by molar-refractivity contribution is 0.102. The minimum atomic E-state index is -0.202. The van der Waals surface area contributed by atoms with Crippen LogP contribution in [0.25, 0.3) is 17.3 Å². The van der Waals surface area contributed by atoms with Crippen LogP contribution in [0.1, 0.15) is 46.7 Å². The molecule has 0 atom stereocenters. The van der Waals surface area contributed by atoms with Crippen molar-refractivity contribution in [2.45, 2.75) is 33.3 Å². The van der Waals surface area contributed by atoms with Gasteiger partial charge in [-0.05, 0) is 56.0 Å². The minimum absolute atomic E-state index is 0.0271. The second-order valence-electron chi connectivity index (χ2n) is 7.44. The Kier molecular flexibility index (Phi) is 5.23. The number of hydrogen-bond acceptors (Lipinski definition) is 4. The number of allylic oxidation sites excluding steroid dienone is 1. The van der Waals surface area contributed by atoms with Gasteiger partial charge < -0.3 is 10.4 Å². The van der Waals surface area contributed by atoms with Crippen molar-refractivity contribution in [3.8, 4) is 11.3 Å². The number of nitrogens with zero attached hydrogens (tertiary/aromatic N) is 2. The lowest BCUT2D eigenvalue weighted by atomic mass is 9.90. The zero-order chi connectivity index (χ0) is 20.4. The monoisotopic (exact) mass is 385 g/mol. The Labute approximate surface area is 170 Å². The van der Waals surface area contributed by atoms with E-state index < -0.39 is 0 Å². The van der Waals surface area contributed by atoms with Crippen LogP contribution >= 0.6 is 0 Å². The molecular formula is C24H23N3O2. The van der Waals surface area contributed by atoms with Crippen molar-refractivity contribution in [3.63, 3.8) is 0 Å². The Hall–Kier alpha value is -3.31. The summed E-state index contributed by atoms with van der Waals surface area (Å²) in [6.45, 7) is 4.01. The van der Waals surface area contributed by atoms with E-state index in [-0.39, 0.29) is 12.5 Å². The van der Waals surface area contributed by atoms with Crippen LogP contribution in [0.5, 0.6) is 0 Å². The number of fused-ring (bicyclic) bond motifs is 3. The number of carbonyl (C=O) groups is 1.